The lowest BCUT2D eigenvalue weighted by molar-refractivity contribution is -0.388. The highest BCUT2D eigenvalue weighted by atomic mass is 16.6. The summed E-state index contributed by atoms with van der Waals surface area (Å²) >= 11 is 0. The highest BCUT2D eigenvalue weighted by Gasteiger charge is 2.30. The Morgan fingerprint density at radius 3 is 2.78 bits per heavy atom. The summed E-state index contributed by atoms with van der Waals surface area (Å²) in [5.41, 5.74) is -0.785. The van der Waals surface area contributed by atoms with Gasteiger partial charge in [-0.05, 0) is 23.8 Å². The molecule has 0 spiro atoms. The van der Waals surface area contributed by atoms with Crippen LogP contribution in [0.1, 0.15) is 13.8 Å². The minimum Gasteiger partial charge on any atom is -0.469 e. The van der Waals surface area contributed by atoms with E-state index in [2.05, 4.69) is 15.0 Å². The van der Waals surface area contributed by atoms with Gasteiger partial charge in [-0.15, -0.1) is 0 Å². The van der Waals surface area contributed by atoms with Crippen LogP contribution in [0.2, 0.25) is 0 Å². The number of hydrogen-bond donors (Lipinski definition) is 1. The Morgan fingerprint density at radius 2 is 2.28 bits per heavy atom. The molecule has 1 N–H and O–H groups in total. The molecule has 8 heteroatoms. The van der Waals surface area contributed by atoms with E-state index < -0.39 is 10.3 Å². The summed E-state index contributed by atoms with van der Waals surface area (Å²) in [4.78, 5) is 25.3. The Kier molecular flexibility index (Phi) is 3.89. The molecule has 0 aliphatic rings. The number of ether oxygens (including phenoxy) is 1. The second-order valence-electron chi connectivity index (χ2n) is 4.51. The van der Waals surface area contributed by atoms with Crippen molar-refractivity contribution in [3.05, 3.63) is 16.4 Å². The van der Waals surface area contributed by atoms with Crippen LogP contribution in [-0.4, -0.2) is 34.1 Å². The van der Waals surface area contributed by atoms with E-state index in [0.29, 0.717) is 0 Å². The summed E-state index contributed by atoms with van der Waals surface area (Å²) in [7, 11) is 2.93. The highest BCUT2D eigenvalue weighted by molar-refractivity contribution is 5.76. The molecule has 1 heterocycles. The highest BCUT2D eigenvalue weighted by Crippen LogP contribution is 2.24. The summed E-state index contributed by atoms with van der Waals surface area (Å²) in [5, 5.41) is 13.6. The minimum atomic E-state index is -0.785. The average molecular weight is 256 g/mol. The van der Waals surface area contributed by atoms with Crippen LogP contribution in [0.15, 0.2) is 6.33 Å². The number of nitrogens with one attached hydrogen (secondary N) is 1. The molecular formula is C10H16N4O4. The summed E-state index contributed by atoms with van der Waals surface area (Å²) in [6, 6.07) is 0. The summed E-state index contributed by atoms with van der Waals surface area (Å²) < 4.78 is 6.15. The smallest absolute Gasteiger partial charge is 0.406 e. The molecule has 0 bridgehead atoms. The average Bonchev–Trinajstić information content (AvgIpc) is 2.67. The van der Waals surface area contributed by atoms with Crippen LogP contribution < -0.4 is 5.32 Å². The van der Waals surface area contributed by atoms with Crippen LogP contribution >= 0.6 is 0 Å². The molecule has 0 fully saturated rings. The van der Waals surface area contributed by atoms with Gasteiger partial charge in [-0.3, -0.25) is 9.36 Å². The first-order valence-corrected chi connectivity index (χ1v) is 5.27. The van der Waals surface area contributed by atoms with Gasteiger partial charge in [-0.25, -0.2) is 0 Å². The Balaban J connectivity index is 2.84. The van der Waals surface area contributed by atoms with E-state index >= 15 is 0 Å². The fourth-order valence-corrected chi connectivity index (χ4v) is 1.41. The zero-order chi connectivity index (χ0) is 13.9. The van der Waals surface area contributed by atoms with Crippen molar-refractivity contribution in [1.82, 2.24) is 9.55 Å². The van der Waals surface area contributed by atoms with Gasteiger partial charge >= 0.3 is 11.8 Å². The van der Waals surface area contributed by atoms with Gasteiger partial charge < -0.3 is 20.2 Å². The van der Waals surface area contributed by atoms with Crippen LogP contribution in [0.5, 0.6) is 0 Å². The molecule has 0 aliphatic carbocycles. The number of hydrogen-bond acceptors (Lipinski definition) is 6. The van der Waals surface area contributed by atoms with Gasteiger partial charge in [0.05, 0.1) is 12.5 Å². The first-order valence-electron chi connectivity index (χ1n) is 5.27. The molecule has 0 saturated carbocycles. The number of imidazole rings is 1. The Bertz CT molecular complexity index is 466. The van der Waals surface area contributed by atoms with Gasteiger partial charge in [-0.1, -0.05) is 0 Å². The maximum atomic E-state index is 11.5. The van der Waals surface area contributed by atoms with Crippen molar-refractivity contribution in [2.24, 2.45) is 12.5 Å². The second-order valence-corrected chi connectivity index (χ2v) is 4.51. The van der Waals surface area contributed by atoms with Crippen LogP contribution in [0.25, 0.3) is 0 Å². The molecule has 0 amide bonds. The standard InChI is InChI=1S/C10H16N4O4/c1-10(2,9(15)18-4)5-11-7-8(14(16)17)12-6-13(7)3/h6,11H,5H2,1-4H3. The van der Waals surface area contributed by atoms with E-state index in [1.54, 1.807) is 20.9 Å². The van der Waals surface area contributed by atoms with Crippen molar-refractivity contribution < 1.29 is 14.5 Å². The van der Waals surface area contributed by atoms with Crippen LogP contribution in [0.4, 0.5) is 11.6 Å². The molecule has 0 atom stereocenters. The van der Waals surface area contributed by atoms with Crippen molar-refractivity contribution in [3.8, 4) is 0 Å². The van der Waals surface area contributed by atoms with Gasteiger partial charge in [0.25, 0.3) is 0 Å². The number of esters is 1. The normalized spacial score (nSPS) is 11.1. The van der Waals surface area contributed by atoms with Gasteiger partial charge in [-0.2, -0.15) is 0 Å². The molecule has 0 radical (unpaired) electrons. The molecule has 1 rings (SSSR count). The van der Waals surface area contributed by atoms with E-state index in [-0.39, 0.29) is 24.1 Å². The summed E-state index contributed by atoms with van der Waals surface area (Å²) in [5.74, 6) is -0.394. The monoisotopic (exact) mass is 256 g/mol. The van der Waals surface area contributed by atoms with Crippen LogP contribution in [0.3, 0.4) is 0 Å². The van der Waals surface area contributed by atoms with Crippen molar-refractivity contribution >= 4 is 17.6 Å². The summed E-state index contributed by atoms with van der Waals surface area (Å²) in [6.07, 6.45) is 1.34. The van der Waals surface area contributed by atoms with E-state index in [4.69, 9.17) is 0 Å². The number of carbonyl (C=O) groups is 1. The topological polar surface area (TPSA) is 99.3 Å². The molecular weight excluding hydrogens is 240 g/mol. The molecule has 0 unspecified atom stereocenters. The number of methoxy groups -OCH3 is 1. The van der Waals surface area contributed by atoms with E-state index in [1.807, 2.05) is 0 Å². The number of carbonyl (C=O) groups excluding carboxylic acids is 1. The van der Waals surface area contributed by atoms with E-state index in [1.165, 1.54) is 18.0 Å². The first kappa shape index (κ1) is 13.9. The van der Waals surface area contributed by atoms with E-state index in [9.17, 15) is 14.9 Å². The number of nitrogens with zero attached hydrogens (tertiary/aromatic N) is 3. The SMILES string of the molecule is COC(=O)C(C)(C)CNc1c([N+](=O)[O-])ncn1C. The van der Waals surface area contributed by atoms with Crippen molar-refractivity contribution in [1.29, 1.82) is 0 Å². The van der Waals surface area contributed by atoms with E-state index in [0.717, 1.165) is 0 Å². The lowest BCUT2D eigenvalue weighted by Crippen LogP contribution is -2.33. The zero-order valence-corrected chi connectivity index (χ0v) is 10.8. The van der Waals surface area contributed by atoms with Gasteiger partial charge in [0.2, 0.25) is 12.1 Å². The first-order chi connectivity index (χ1) is 8.29. The van der Waals surface area contributed by atoms with Crippen molar-refractivity contribution in [2.75, 3.05) is 19.0 Å². The number of rotatable bonds is 5. The lowest BCUT2D eigenvalue weighted by atomic mass is 9.94. The van der Waals surface area contributed by atoms with Crippen molar-refractivity contribution in [2.45, 2.75) is 13.8 Å². The van der Waals surface area contributed by atoms with Crippen LogP contribution in [0, 0.1) is 15.5 Å². The van der Waals surface area contributed by atoms with Gasteiger partial charge in [0.15, 0.2) is 0 Å². The molecule has 0 aliphatic heterocycles. The molecule has 1 aromatic heterocycles. The Morgan fingerprint density at radius 1 is 1.67 bits per heavy atom. The number of nitro groups is 1. The number of aryl methyl sites for hydroxylation is 1. The molecule has 100 valence electrons. The Hall–Kier alpha value is -2.12. The number of aromatic nitrogens is 2. The van der Waals surface area contributed by atoms with Gasteiger partial charge in [0.1, 0.15) is 0 Å². The molecule has 18 heavy (non-hydrogen) atoms. The fourth-order valence-electron chi connectivity index (χ4n) is 1.41. The third-order valence-corrected chi connectivity index (χ3v) is 2.53. The predicted octanol–water partition coefficient (Wildman–Crippen LogP) is 0.939. The maximum Gasteiger partial charge on any atom is 0.406 e. The van der Waals surface area contributed by atoms with Gasteiger partial charge in [0, 0.05) is 13.6 Å². The zero-order valence-electron chi connectivity index (χ0n) is 10.8. The quantitative estimate of drug-likeness (QED) is 0.478. The third-order valence-electron chi connectivity index (χ3n) is 2.53. The Labute approximate surface area is 104 Å². The summed E-state index contributed by atoms with van der Waals surface area (Å²) in [6.45, 7) is 3.59. The minimum absolute atomic E-state index is 0.208. The molecule has 8 nitrogen and oxygen atoms in total. The van der Waals surface area contributed by atoms with Crippen molar-refractivity contribution in [3.63, 3.8) is 0 Å². The fraction of sp³-hybridized carbons (Fsp3) is 0.600. The largest absolute Gasteiger partial charge is 0.469 e. The molecule has 0 aromatic carbocycles. The second kappa shape index (κ2) is 5.03. The molecule has 1 aromatic rings. The van der Waals surface area contributed by atoms with Crippen LogP contribution in [-0.2, 0) is 16.6 Å². The maximum absolute atomic E-state index is 11.5. The predicted molar refractivity (Wildman–Crippen MR) is 64.1 cm³/mol. The third kappa shape index (κ3) is 2.76. The lowest BCUT2D eigenvalue weighted by Gasteiger charge is -2.21. The molecule has 0 saturated heterocycles. The number of anilines is 1.